The summed E-state index contributed by atoms with van der Waals surface area (Å²) in [6.45, 7) is 6.16. The van der Waals surface area contributed by atoms with Crippen LogP contribution in [0.2, 0.25) is 0 Å². The highest BCUT2D eigenvalue weighted by molar-refractivity contribution is 7.18. The smallest absolute Gasteiger partial charge is 0.120 e. The molecule has 0 saturated heterocycles. The minimum atomic E-state index is 0.895. The average Bonchev–Trinajstić information content (AvgIpc) is 3.08. The van der Waals surface area contributed by atoms with Gasteiger partial charge in [-0.1, -0.05) is 12.1 Å². The van der Waals surface area contributed by atoms with Gasteiger partial charge in [0.1, 0.15) is 5.75 Å². The molecule has 4 aromatic rings. The highest BCUT2D eigenvalue weighted by Gasteiger charge is 2.01. The quantitative estimate of drug-likeness (QED) is 0.456. The zero-order valence-electron chi connectivity index (χ0n) is 13.6. The lowest BCUT2D eigenvalue weighted by Gasteiger charge is -1.96. The molecule has 118 valence electrons. The fourth-order valence-corrected chi connectivity index (χ4v) is 4.10. The minimum Gasteiger partial charge on any atom is -0.497 e. The molecule has 0 saturated carbocycles. The third-order valence-electron chi connectivity index (χ3n) is 3.43. The van der Waals surface area contributed by atoms with Crippen molar-refractivity contribution >= 4 is 43.1 Å². The van der Waals surface area contributed by atoms with Gasteiger partial charge in [-0.15, -0.1) is 22.7 Å². The van der Waals surface area contributed by atoms with Crippen LogP contribution in [0, 0.1) is 20.8 Å². The molecule has 3 nitrogen and oxygen atoms in total. The molecule has 2 aromatic heterocycles. The second kappa shape index (κ2) is 6.64. The number of fused-ring (bicyclic) bond motifs is 2. The predicted molar refractivity (Wildman–Crippen MR) is 100 cm³/mol. The molecule has 0 radical (unpaired) electrons. The van der Waals surface area contributed by atoms with E-state index >= 15 is 0 Å². The van der Waals surface area contributed by atoms with Crippen molar-refractivity contribution in [2.45, 2.75) is 20.8 Å². The molecular formula is C18H18N2OS2. The first kappa shape index (κ1) is 15.9. The molecule has 23 heavy (non-hydrogen) atoms. The highest BCUT2D eigenvalue weighted by Crippen LogP contribution is 2.25. The molecular weight excluding hydrogens is 324 g/mol. The van der Waals surface area contributed by atoms with Gasteiger partial charge in [0, 0.05) is 0 Å². The minimum absolute atomic E-state index is 0.895. The van der Waals surface area contributed by atoms with E-state index in [1.807, 2.05) is 32.0 Å². The Morgan fingerprint density at radius 3 is 2.35 bits per heavy atom. The number of hydrogen-bond acceptors (Lipinski definition) is 5. The van der Waals surface area contributed by atoms with Gasteiger partial charge >= 0.3 is 0 Å². The molecule has 0 N–H and O–H groups in total. The standard InChI is InChI=1S/C9H9NOS.C9H9NS/c1-6-10-8-4-3-7(11-2)5-9(8)12-6;1-6-4-3-5-8-9(6)10-7(2)11-8/h3-5H,1-2H3;3-5H,1-2H3. The number of methoxy groups -OCH3 is 1. The van der Waals surface area contributed by atoms with Crippen LogP contribution in [0.25, 0.3) is 20.4 Å². The normalized spacial score (nSPS) is 10.6. The number of hydrogen-bond donors (Lipinski definition) is 0. The maximum Gasteiger partial charge on any atom is 0.120 e. The van der Waals surface area contributed by atoms with Crippen LogP contribution < -0.4 is 4.74 Å². The van der Waals surface area contributed by atoms with Gasteiger partial charge in [0.2, 0.25) is 0 Å². The lowest BCUT2D eigenvalue weighted by atomic mass is 10.2. The first-order chi connectivity index (χ1) is 11.1. The van der Waals surface area contributed by atoms with Crippen LogP contribution >= 0.6 is 22.7 Å². The summed E-state index contributed by atoms with van der Waals surface area (Å²) >= 11 is 3.45. The topological polar surface area (TPSA) is 35.0 Å². The summed E-state index contributed by atoms with van der Waals surface area (Å²) in [6.07, 6.45) is 0. The highest BCUT2D eigenvalue weighted by atomic mass is 32.1. The molecule has 2 aromatic carbocycles. The zero-order chi connectivity index (χ0) is 16.4. The second-order valence-electron chi connectivity index (χ2n) is 5.22. The molecule has 0 amide bonds. The summed E-state index contributed by atoms with van der Waals surface area (Å²) in [5, 5.41) is 2.24. The van der Waals surface area contributed by atoms with Crippen molar-refractivity contribution < 1.29 is 4.74 Å². The Morgan fingerprint density at radius 2 is 1.61 bits per heavy atom. The second-order valence-corrected chi connectivity index (χ2v) is 7.69. The summed E-state index contributed by atoms with van der Waals surface area (Å²) in [6, 6.07) is 12.2. The van der Waals surface area contributed by atoms with Crippen LogP contribution in [0.3, 0.4) is 0 Å². The van der Waals surface area contributed by atoms with E-state index in [0.717, 1.165) is 26.8 Å². The van der Waals surface area contributed by atoms with E-state index in [9.17, 15) is 0 Å². The van der Waals surface area contributed by atoms with Crippen LogP contribution in [-0.2, 0) is 0 Å². The van der Waals surface area contributed by atoms with Crippen molar-refractivity contribution in [1.29, 1.82) is 0 Å². The van der Waals surface area contributed by atoms with Gasteiger partial charge in [-0.05, 0) is 50.6 Å². The zero-order valence-corrected chi connectivity index (χ0v) is 15.2. The van der Waals surface area contributed by atoms with Gasteiger partial charge in [0.25, 0.3) is 0 Å². The number of rotatable bonds is 1. The summed E-state index contributed by atoms with van der Waals surface area (Å²) < 4.78 is 7.59. The first-order valence-electron chi connectivity index (χ1n) is 7.31. The largest absolute Gasteiger partial charge is 0.497 e. The number of thiazole rings is 2. The molecule has 0 atom stereocenters. The SMILES string of the molecule is COc1ccc2nc(C)sc2c1.Cc1nc2c(C)cccc2s1. The van der Waals surface area contributed by atoms with Crippen molar-refractivity contribution in [1.82, 2.24) is 9.97 Å². The third kappa shape index (κ3) is 3.51. The Hall–Kier alpha value is -1.98. The molecule has 4 rings (SSSR count). The Balaban J connectivity index is 0.000000136. The summed E-state index contributed by atoms with van der Waals surface area (Å²) in [5.41, 5.74) is 3.49. The lowest BCUT2D eigenvalue weighted by molar-refractivity contribution is 0.415. The summed E-state index contributed by atoms with van der Waals surface area (Å²) in [7, 11) is 1.68. The predicted octanol–water partition coefficient (Wildman–Crippen LogP) is 5.53. The summed E-state index contributed by atoms with van der Waals surface area (Å²) in [4.78, 5) is 8.78. The number of ether oxygens (including phenoxy) is 1. The van der Waals surface area contributed by atoms with Crippen LogP contribution in [0.15, 0.2) is 36.4 Å². The van der Waals surface area contributed by atoms with E-state index in [0.29, 0.717) is 0 Å². The van der Waals surface area contributed by atoms with Crippen molar-refractivity contribution in [3.8, 4) is 5.75 Å². The fourth-order valence-electron chi connectivity index (χ4n) is 2.34. The van der Waals surface area contributed by atoms with Crippen LogP contribution in [-0.4, -0.2) is 17.1 Å². The van der Waals surface area contributed by atoms with Crippen molar-refractivity contribution in [3.05, 3.63) is 52.0 Å². The molecule has 0 aliphatic heterocycles. The fraction of sp³-hybridized carbons (Fsp3) is 0.222. The van der Waals surface area contributed by atoms with Crippen LogP contribution in [0.4, 0.5) is 0 Å². The maximum atomic E-state index is 5.11. The van der Waals surface area contributed by atoms with E-state index < -0.39 is 0 Å². The number of nitrogens with zero attached hydrogens (tertiary/aromatic N) is 2. The molecule has 0 bridgehead atoms. The van der Waals surface area contributed by atoms with Crippen molar-refractivity contribution in [3.63, 3.8) is 0 Å². The molecule has 0 fully saturated rings. The number of aromatic nitrogens is 2. The number of benzene rings is 2. The van der Waals surface area contributed by atoms with E-state index in [1.165, 1.54) is 15.0 Å². The molecule has 0 aliphatic carbocycles. The van der Waals surface area contributed by atoms with E-state index in [1.54, 1.807) is 29.8 Å². The molecule has 2 heterocycles. The van der Waals surface area contributed by atoms with Crippen molar-refractivity contribution in [2.75, 3.05) is 7.11 Å². The average molecular weight is 342 g/mol. The van der Waals surface area contributed by atoms with Gasteiger partial charge in [0.05, 0.1) is 37.6 Å². The van der Waals surface area contributed by atoms with E-state index in [2.05, 4.69) is 35.1 Å². The number of para-hydroxylation sites is 1. The van der Waals surface area contributed by atoms with Crippen LogP contribution in [0.5, 0.6) is 5.75 Å². The lowest BCUT2D eigenvalue weighted by Crippen LogP contribution is -1.80. The van der Waals surface area contributed by atoms with Gasteiger partial charge in [0.15, 0.2) is 0 Å². The molecule has 0 spiro atoms. The van der Waals surface area contributed by atoms with Crippen LogP contribution in [0.1, 0.15) is 15.6 Å². The van der Waals surface area contributed by atoms with E-state index in [-0.39, 0.29) is 0 Å². The Morgan fingerprint density at radius 1 is 0.870 bits per heavy atom. The maximum absolute atomic E-state index is 5.11. The monoisotopic (exact) mass is 342 g/mol. The molecule has 0 aliphatic rings. The molecule has 0 unspecified atom stereocenters. The first-order valence-corrected chi connectivity index (χ1v) is 8.94. The van der Waals surface area contributed by atoms with Gasteiger partial charge < -0.3 is 4.74 Å². The third-order valence-corrected chi connectivity index (χ3v) is 5.30. The van der Waals surface area contributed by atoms with Gasteiger partial charge in [-0.3, -0.25) is 0 Å². The Bertz CT molecular complexity index is 956. The summed E-state index contributed by atoms with van der Waals surface area (Å²) in [5.74, 6) is 0.895. The van der Waals surface area contributed by atoms with E-state index in [4.69, 9.17) is 4.74 Å². The number of aryl methyl sites for hydroxylation is 3. The van der Waals surface area contributed by atoms with Gasteiger partial charge in [-0.25, -0.2) is 9.97 Å². The van der Waals surface area contributed by atoms with Gasteiger partial charge in [-0.2, -0.15) is 0 Å². The molecule has 5 heteroatoms. The Labute approximate surface area is 143 Å². The van der Waals surface area contributed by atoms with Crippen molar-refractivity contribution in [2.24, 2.45) is 0 Å². The Kier molecular flexibility index (Phi) is 4.59.